The SMILES string of the molecule is C[C@@H](c1ccccc1)[C@@H](Br)C(=O)N1C(=O)OC[C@H]1c1ccccc1. The fourth-order valence-electron chi connectivity index (χ4n) is 2.86. The summed E-state index contributed by atoms with van der Waals surface area (Å²) in [6, 6.07) is 18.9. The lowest BCUT2D eigenvalue weighted by atomic mass is 9.96. The molecule has 1 fully saturated rings. The van der Waals surface area contributed by atoms with Gasteiger partial charge in [-0.1, -0.05) is 83.5 Å². The predicted molar refractivity (Wildman–Crippen MR) is 94.9 cm³/mol. The third kappa shape index (κ3) is 3.22. The standard InChI is InChI=1S/C19H18BrNO3/c1-13(14-8-4-2-5-9-14)17(20)18(22)21-16(12-24-19(21)23)15-10-6-3-7-11-15/h2-11,13,16-17H,12H2,1H3/t13-,16-,17+/m0/s1. The van der Waals surface area contributed by atoms with Gasteiger partial charge >= 0.3 is 6.09 Å². The molecule has 0 spiro atoms. The normalized spacial score (nSPS) is 19.7. The molecule has 3 atom stereocenters. The maximum absolute atomic E-state index is 12.9. The Balaban J connectivity index is 1.83. The van der Waals surface area contributed by atoms with Gasteiger partial charge < -0.3 is 4.74 Å². The maximum Gasteiger partial charge on any atom is 0.417 e. The van der Waals surface area contributed by atoms with Crippen molar-refractivity contribution in [1.82, 2.24) is 4.90 Å². The average Bonchev–Trinajstić information content (AvgIpc) is 3.03. The van der Waals surface area contributed by atoms with Gasteiger partial charge in [-0.3, -0.25) is 4.79 Å². The van der Waals surface area contributed by atoms with Gasteiger partial charge in [-0.15, -0.1) is 0 Å². The van der Waals surface area contributed by atoms with Crippen LogP contribution in [-0.4, -0.2) is 28.3 Å². The number of nitrogens with zero attached hydrogens (tertiary/aromatic N) is 1. The summed E-state index contributed by atoms with van der Waals surface area (Å²) in [7, 11) is 0. The van der Waals surface area contributed by atoms with Gasteiger partial charge in [0, 0.05) is 5.92 Å². The highest BCUT2D eigenvalue weighted by Crippen LogP contribution is 2.33. The Morgan fingerprint density at radius 3 is 2.33 bits per heavy atom. The molecule has 1 aliphatic rings. The van der Waals surface area contributed by atoms with Gasteiger partial charge in [0.25, 0.3) is 0 Å². The number of amides is 2. The van der Waals surface area contributed by atoms with E-state index in [0.717, 1.165) is 11.1 Å². The highest BCUT2D eigenvalue weighted by molar-refractivity contribution is 9.10. The number of halogens is 1. The van der Waals surface area contributed by atoms with Crippen LogP contribution in [0.1, 0.15) is 30.0 Å². The van der Waals surface area contributed by atoms with Crippen molar-refractivity contribution in [3.8, 4) is 0 Å². The van der Waals surface area contributed by atoms with E-state index in [4.69, 9.17) is 4.74 Å². The second-order valence-electron chi connectivity index (χ2n) is 5.81. The molecule has 0 saturated carbocycles. The molecule has 0 N–H and O–H groups in total. The molecule has 0 radical (unpaired) electrons. The van der Waals surface area contributed by atoms with Gasteiger partial charge in [0.1, 0.15) is 17.5 Å². The monoisotopic (exact) mass is 387 g/mol. The highest BCUT2D eigenvalue weighted by atomic mass is 79.9. The molecule has 2 aromatic carbocycles. The number of hydrogen-bond donors (Lipinski definition) is 0. The Morgan fingerprint density at radius 2 is 1.71 bits per heavy atom. The molecule has 4 nitrogen and oxygen atoms in total. The Morgan fingerprint density at radius 1 is 1.12 bits per heavy atom. The number of benzene rings is 2. The molecule has 0 aromatic heterocycles. The van der Waals surface area contributed by atoms with Gasteiger partial charge in [-0.25, -0.2) is 9.69 Å². The van der Waals surface area contributed by atoms with E-state index in [1.807, 2.05) is 67.6 Å². The first kappa shape index (κ1) is 16.7. The molecule has 2 aromatic rings. The first-order valence-electron chi connectivity index (χ1n) is 7.83. The van der Waals surface area contributed by atoms with Gasteiger partial charge in [-0.05, 0) is 11.1 Å². The summed E-state index contributed by atoms with van der Waals surface area (Å²) in [5.41, 5.74) is 1.93. The van der Waals surface area contributed by atoms with Gasteiger partial charge in [0.15, 0.2) is 0 Å². The van der Waals surface area contributed by atoms with Crippen molar-refractivity contribution < 1.29 is 14.3 Å². The summed E-state index contributed by atoms with van der Waals surface area (Å²) in [6.45, 7) is 2.15. The summed E-state index contributed by atoms with van der Waals surface area (Å²) >= 11 is 3.48. The topological polar surface area (TPSA) is 46.6 Å². The van der Waals surface area contributed by atoms with Gasteiger partial charge in [-0.2, -0.15) is 0 Å². The van der Waals surface area contributed by atoms with Crippen LogP contribution in [0.3, 0.4) is 0 Å². The molecule has 1 aliphatic heterocycles. The number of rotatable bonds is 4. The second kappa shape index (κ2) is 7.18. The lowest BCUT2D eigenvalue weighted by Gasteiger charge is -2.25. The Hall–Kier alpha value is -2.14. The fourth-order valence-corrected chi connectivity index (χ4v) is 3.38. The van der Waals surface area contributed by atoms with Crippen molar-refractivity contribution in [3.05, 3.63) is 71.8 Å². The van der Waals surface area contributed by atoms with Crippen molar-refractivity contribution in [3.63, 3.8) is 0 Å². The van der Waals surface area contributed by atoms with Crippen molar-refractivity contribution in [2.24, 2.45) is 0 Å². The van der Waals surface area contributed by atoms with Crippen molar-refractivity contribution in [1.29, 1.82) is 0 Å². The molecule has 0 aliphatic carbocycles. The van der Waals surface area contributed by atoms with Crippen LogP contribution in [0.2, 0.25) is 0 Å². The zero-order chi connectivity index (χ0) is 17.1. The molecule has 124 valence electrons. The minimum atomic E-state index is -0.585. The van der Waals surface area contributed by atoms with Crippen molar-refractivity contribution in [2.45, 2.75) is 23.7 Å². The van der Waals surface area contributed by atoms with E-state index in [9.17, 15) is 9.59 Å². The molecule has 3 rings (SSSR count). The third-order valence-corrected chi connectivity index (χ3v) is 5.48. The summed E-state index contributed by atoms with van der Waals surface area (Å²) in [5.74, 6) is -0.341. The van der Waals surface area contributed by atoms with Crippen LogP contribution in [0.4, 0.5) is 4.79 Å². The fraction of sp³-hybridized carbons (Fsp3) is 0.263. The molecule has 2 amide bonds. The number of imide groups is 1. The summed E-state index contributed by atoms with van der Waals surface area (Å²) in [5, 5.41) is 0. The maximum atomic E-state index is 12.9. The van der Waals surface area contributed by atoms with Crippen LogP contribution < -0.4 is 0 Å². The minimum Gasteiger partial charge on any atom is -0.446 e. The van der Waals surface area contributed by atoms with E-state index < -0.39 is 10.9 Å². The first-order chi connectivity index (χ1) is 11.6. The molecule has 1 heterocycles. The number of carbonyl (C=O) groups is 2. The molecule has 1 saturated heterocycles. The minimum absolute atomic E-state index is 0.0662. The Kier molecular flexibility index (Phi) is 5.00. The first-order valence-corrected chi connectivity index (χ1v) is 8.75. The van der Waals surface area contributed by atoms with Gasteiger partial charge in [0.05, 0.1) is 0 Å². The van der Waals surface area contributed by atoms with E-state index in [1.165, 1.54) is 4.90 Å². The lowest BCUT2D eigenvalue weighted by Crippen LogP contribution is -2.40. The van der Waals surface area contributed by atoms with E-state index in [0.29, 0.717) is 0 Å². The number of carbonyl (C=O) groups excluding carboxylic acids is 2. The zero-order valence-corrected chi connectivity index (χ0v) is 14.8. The molecular weight excluding hydrogens is 370 g/mol. The van der Waals surface area contributed by atoms with Crippen LogP contribution >= 0.6 is 15.9 Å². The van der Waals surface area contributed by atoms with Crippen LogP contribution in [-0.2, 0) is 9.53 Å². The Bertz CT molecular complexity index is 720. The molecular formula is C19H18BrNO3. The largest absolute Gasteiger partial charge is 0.446 e. The number of cyclic esters (lactones) is 1. The summed E-state index contributed by atoms with van der Waals surface area (Å²) in [4.78, 5) is 25.8. The van der Waals surface area contributed by atoms with Crippen LogP contribution in [0.15, 0.2) is 60.7 Å². The zero-order valence-electron chi connectivity index (χ0n) is 13.3. The summed E-state index contributed by atoms with van der Waals surface area (Å²) in [6.07, 6.45) is -0.585. The summed E-state index contributed by atoms with van der Waals surface area (Å²) < 4.78 is 5.13. The lowest BCUT2D eigenvalue weighted by molar-refractivity contribution is -0.128. The molecule has 5 heteroatoms. The van der Waals surface area contributed by atoms with E-state index in [-0.39, 0.29) is 24.5 Å². The quantitative estimate of drug-likeness (QED) is 0.735. The average molecular weight is 388 g/mol. The Labute approximate surface area is 149 Å². The molecule has 24 heavy (non-hydrogen) atoms. The van der Waals surface area contributed by atoms with E-state index in [2.05, 4.69) is 15.9 Å². The van der Waals surface area contributed by atoms with Crippen LogP contribution in [0.5, 0.6) is 0 Å². The second-order valence-corrected chi connectivity index (χ2v) is 6.80. The smallest absolute Gasteiger partial charge is 0.417 e. The molecule has 0 unspecified atom stereocenters. The van der Waals surface area contributed by atoms with Crippen LogP contribution in [0.25, 0.3) is 0 Å². The molecule has 0 bridgehead atoms. The third-order valence-electron chi connectivity index (χ3n) is 4.30. The van der Waals surface area contributed by atoms with E-state index >= 15 is 0 Å². The van der Waals surface area contributed by atoms with Gasteiger partial charge in [0.2, 0.25) is 5.91 Å². The number of hydrogen-bond acceptors (Lipinski definition) is 3. The number of ether oxygens (including phenoxy) is 1. The van der Waals surface area contributed by atoms with Crippen molar-refractivity contribution in [2.75, 3.05) is 6.61 Å². The van der Waals surface area contributed by atoms with Crippen molar-refractivity contribution >= 4 is 27.9 Å². The number of alkyl halides is 1. The highest BCUT2D eigenvalue weighted by Gasteiger charge is 2.42. The van der Waals surface area contributed by atoms with E-state index in [1.54, 1.807) is 0 Å². The predicted octanol–water partition coefficient (Wildman–Crippen LogP) is 4.27. The van der Waals surface area contributed by atoms with Crippen LogP contribution in [0, 0.1) is 0 Å².